The van der Waals surface area contributed by atoms with Gasteiger partial charge in [0.2, 0.25) is 0 Å². The maximum atomic E-state index is 6.06. The van der Waals surface area contributed by atoms with Crippen LogP contribution in [0.3, 0.4) is 0 Å². The molecule has 0 radical (unpaired) electrons. The van der Waals surface area contributed by atoms with Crippen LogP contribution < -0.4 is 4.74 Å². The van der Waals surface area contributed by atoms with Crippen molar-refractivity contribution in [3.8, 4) is 5.75 Å². The normalized spacial score (nSPS) is 29.0. The van der Waals surface area contributed by atoms with Gasteiger partial charge in [0.05, 0.1) is 6.10 Å². The molecule has 0 spiro atoms. The third-order valence-electron chi connectivity index (χ3n) is 3.93. The zero-order valence-electron chi connectivity index (χ0n) is 10.7. The highest BCUT2D eigenvalue weighted by Crippen LogP contribution is 2.31. The van der Waals surface area contributed by atoms with Crippen LogP contribution in [-0.4, -0.2) is 6.10 Å². The molecule has 0 bridgehead atoms. The minimum Gasteiger partial charge on any atom is -0.490 e. The molecule has 3 unspecified atom stereocenters. The topological polar surface area (TPSA) is 9.23 Å². The van der Waals surface area contributed by atoms with Gasteiger partial charge in [-0.2, -0.15) is 0 Å². The summed E-state index contributed by atoms with van der Waals surface area (Å²) >= 11 is 3.45. The predicted octanol–water partition coefficient (Wildman–Crippen LogP) is 4.79. The highest BCUT2D eigenvalue weighted by atomic mass is 79.9. The molecule has 0 N–H and O–H groups in total. The van der Waals surface area contributed by atoms with E-state index in [0.29, 0.717) is 6.10 Å². The second-order valence-corrected chi connectivity index (χ2v) is 5.85. The molecule has 94 valence electrons. The van der Waals surface area contributed by atoms with E-state index in [1.165, 1.54) is 24.8 Å². The first-order valence-corrected chi connectivity index (χ1v) is 7.62. The lowest BCUT2D eigenvalue weighted by Crippen LogP contribution is -2.28. The fourth-order valence-electron chi connectivity index (χ4n) is 2.45. The molecule has 1 nitrogen and oxygen atoms in total. The lowest BCUT2D eigenvalue weighted by molar-refractivity contribution is 0.101. The van der Waals surface area contributed by atoms with Crippen molar-refractivity contribution < 1.29 is 4.74 Å². The Hall–Kier alpha value is -0.500. The van der Waals surface area contributed by atoms with Gasteiger partial charge in [0.25, 0.3) is 0 Å². The Morgan fingerprint density at radius 3 is 2.41 bits per heavy atom. The molecule has 1 aliphatic rings. The van der Waals surface area contributed by atoms with E-state index in [2.05, 4.69) is 54.0 Å². The largest absolute Gasteiger partial charge is 0.490 e. The van der Waals surface area contributed by atoms with E-state index in [1.807, 2.05) is 0 Å². The number of ether oxygens (including phenoxy) is 1. The molecule has 0 aromatic heterocycles. The maximum Gasteiger partial charge on any atom is 0.119 e. The zero-order valence-corrected chi connectivity index (χ0v) is 12.2. The number of hydrogen-bond acceptors (Lipinski definition) is 1. The summed E-state index contributed by atoms with van der Waals surface area (Å²) in [6.07, 6.45) is 4.11. The van der Waals surface area contributed by atoms with Gasteiger partial charge in [-0.05, 0) is 48.8 Å². The van der Waals surface area contributed by atoms with Gasteiger partial charge in [-0.1, -0.05) is 41.9 Å². The van der Waals surface area contributed by atoms with Crippen molar-refractivity contribution in [2.24, 2.45) is 11.8 Å². The minimum absolute atomic E-state index is 0.413. The quantitative estimate of drug-likeness (QED) is 0.729. The van der Waals surface area contributed by atoms with Crippen LogP contribution in [0.4, 0.5) is 0 Å². The fourth-order valence-corrected chi connectivity index (χ4v) is 2.83. The number of hydrogen-bond donors (Lipinski definition) is 0. The first-order valence-electron chi connectivity index (χ1n) is 6.50. The minimum atomic E-state index is 0.413. The number of halogens is 1. The molecule has 1 saturated carbocycles. The molecule has 0 heterocycles. The summed E-state index contributed by atoms with van der Waals surface area (Å²) in [5.41, 5.74) is 1.29. The van der Waals surface area contributed by atoms with Crippen molar-refractivity contribution >= 4 is 15.9 Å². The van der Waals surface area contributed by atoms with Crippen LogP contribution in [0, 0.1) is 11.8 Å². The summed E-state index contributed by atoms with van der Waals surface area (Å²) < 4.78 is 6.06. The third-order valence-corrected chi connectivity index (χ3v) is 4.58. The molecule has 0 saturated heterocycles. The van der Waals surface area contributed by atoms with Gasteiger partial charge in [0.15, 0.2) is 0 Å². The van der Waals surface area contributed by atoms with Gasteiger partial charge in [-0.15, -0.1) is 0 Å². The van der Waals surface area contributed by atoms with Crippen molar-refractivity contribution in [3.05, 3.63) is 29.8 Å². The van der Waals surface area contributed by atoms with Gasteiger partial charge in [-0.25, -0.2) is 0 Å². The van der Waals surface area contributed by atoms with Crippen molar-refractivity contribution in [1.29, 1.82) is 0 Å². The van der Waals surface area contributed by atoms with Gasteiger partial charge >= 0.3 is 0 Å². The van der Waals surface area contributed by atoms with Crippen LogP contribution >= 0.6 is 15.9 Å². The Morgan fingerprint density at radius 2 is 1.82 bits per heavy atom. The number of alkyl halides is 1. The monoisotopic (exact) mass is 296 g/mol. The average Bonchev–Trinajstić information content (AvgIpc) is 2.35. The Kier molecular flexibility index (Phi) is 4.49. The van der Waals surface area contributed by atoms with Crippen molar-refractivity contribution in [3.63, 3.8) is 0 Å². The van der Waals surface area contributed by atoms with Crippen LogP contribution in [0.2, 0.25) is 0 Å². The highest BCUT2D eigenvalue weighted by Gasteiger charge is 2.25. The molecule has 2 heteroatoms. The second kappa shape index (κ2) is 5.90. The molecule has 0 amide bonds. The average molecular weight is 297 g/mol. The van der Waals surface area contributed by atoms with E-state index in [1.54, 1.807) is 0 Å². The third kappa shape index (κ3) is 3.48. The fraction of sp³-hybridized carbons (Fsp3) is 0.600. The van der Waals surface area contributed by atoms with Crippen LogP contribution in [0.25, 0.3) is 0 Å². The maximum absolute atomic E-state index is 6.06. The highest BCUT2D eigenvalue weighted by molar-refractivity contribution is 9.08. The van der Waals surface area contributed by atoms with Gasteiger partial charge in [-0.3, -0.25) is 0 Å². The molecule has 2 rings (SSSR count). The van der Waals surface area contributed by atoms with Crippen molar-refractivity contribution in [2.75, 3.05) is 0 Å². The molecule has 1 aliphatic carbocycles. The Bertz CT molecular complexity index is 346. The molecule has 1 fully saturated rings. The second-order valence-electron chi connectivity index (χ2n) is 5.29. The van der Waals surface area contributed by atoms with Gasteiger partial charge in [0.1, 0.15) is 5.75 Å². The van der Waals surface area contributed by atoms with E-state index in [-0.39, 0.29) is 0 Å². The summed E-state index contributed by atoms with van der Waals surface area (Å²) in [7, 11) is 0. The zero-order chi connectivity index (χ0) is 12.3. The standard InChI is InChI=1S/C15H21BrO/c1-11-3-6-15(9-12(11)2)17-14-7-4-13(10-16)5-8-14/h4-5,7-8,11-12,15H,3,6,9-10H2,1-2H3. The molecule has 1 aromatic carbocycles. The van der Waals surface area contributed by atoms with E-state index >= 15 is 0 Å². The summed E-state index contributed by atoms with van der Waals surface area (Å²) in [6, 6.07) is 8.41. The van der Waals surface area contributed by atoms with Gasteiger partial charge in [0, 0.05) is 5.33 Å². The summed E-state index contributed by atoms with van der Waals surface area (Å²) in [5.74, 6) is 2.66. The first kappa shape index (κ1) is 12.9. The van der Waals surface area contributed by atoms with Crippen molar-refractivity contribution in [1.82, 2.24) is 0 Å². The summed E-state index contributed by atoms with van der Waals surface area (Å²) in [6.45, 7) is 4.69. The molecule has 0 aliphatic heterocycles. The number of benzene rings is 1. The Labute approximate surface area is 113 Å². The van der Waals surface area contributed by atoms with Crippen LogP contribution in [-0.2, 0) is 5.33 Å². The lowest BCUT2D eigenvalue weighted by atomic mass is 9.80. The molecule has 17 heavy (non-hydrogen) atoms. The van der Waals surface area contributed by atoms with Crippen LogP contribution in [0.1, 0.15) is 38.7 Å². The predicted molar refractivity (Wildman–Crippen MR) is 75.7 cm³/mol. The van der Waals surface area contributed by atoms with E-state index in [4.69, 9.17) is 4.74 Å². The Morgan fingerprint density at radius 1 is 1.12 bits per heavy atom. The van der Waals surface area contributed by atoms with Crippen LogP contribution in [0.5, 0.6) is 5.75 Å². The first-order chi connectivity index (χ1) is 8.19. The van der Waals surface area contributed by atoms with Gasteiger partial charge < -0.3 is 4.74 Å². The van der Waals surface area contributed by atoms with E-state index in [0.717, 1.165) is 22.9 Å². The SMILES string of the molecule is CC1CCC(Oc2ccc(CBr)cc2)CC1C. The molecule has 1 aromatic rings. The molecule has 3 atom stereocenters. The van der Waals surface area contributed by atoms with Crippen molar-refractivity contribution in [2.45, 2.75) is 44.5 Å². The Balaban J connectivity index is 1.92. The summed E-state index contributed by atoms with van der Waals surface area (Å²) in [5, 5.41) is 0.908. The van der Waals surface area contributed by atoms with E-state index in [9.17, 15) is 0 Å². The summed E-state index contributed by atoms with van der Waals surface area (Å²) in [4.78, 5) is 0. The number of rotatable bonds is 3. The van der Waals surface area contributed by atoms with E-state index < -0.39 is 0 Å². The molecular weight excluding hydrogens is 276 g/mol. The molecular formula is C15H21BrO. The smallest absolute Gasteiger partial charge is 0.119 e. The van der Waals surface area contributed by atoms with Crippen LogP contribution in [0.15, 0.2) is 24.3 Å². The lowest BCUT2D eigenvalue weighted by Gasteiger charge is -2.32.